The van der Waals surface area contributed by atoms with E-state index in [0.717, 1.165) is 24.0 Å². The molecule has 1 amide bonds. The van der Waals surface area contributed by atoms with Crippen LogP contribution in [0, 0.1) is 11.8 Å². The predicted octanol–water partition coefficient (Wildman–Crippen LogP) is 2.17. The SMILES string of the molecule is CNC(=O)c1sc(N2CCC(C(C)C)C2)cc1N. The molecule has 2 heterocycles. The van der Waals surface area contributed by atoms with Crippen molar-refractivity contribution in [2.75, 3.05) is 30.8 Å². The van der Waals surface area contributed by atoms with E-state index in [0.29, 0.717) is 16.5 Å². The molecule has 100 valence electrons. The Bertz CT molecular complexity index is 441. The molecule has 0 bridgehead atoms. The Hall–Kier alpha value is -1.23. The fourth-order valence-corrected chi connectivity index (χ4v) is 3.43. The Kier molecular flexibility index (Phi) is 3.80. The average Bonchev–Trinajstić information content (AvgIpc) is 2.94. The first-order valence-corrected chi connectivity index (χ1v) is 7.21. The van der Waals surface area contributed by atoms with Crippen LogP contribution in [0.25, 0.3) is 0 Å². The van der Waals surface area contributed by atoms with E-state index in [4.69, 9.17) is 5.73 Å². The van der Waals surface area contributed by atoms with Crippen LogP contribution < -0.4 is 16.0 Å². The molecule has 1 saturated heterocycles. The number of anilines is 2. The van der Waals surface area contributed by atoms with Crippen LogP contribution in [0.15, 0.2) is 6.07 Å². The molecule has 1 atom stereocenters. The van der Waals surface area contributed by atoms with Crippen LogP contribution in [0.1, 0.15) is 29.9 Å². The van der Waals surface area contributed by atoms with E-state index >= 15 is 0 Å². The lowest BCUT2D eigenvalue weighted by atomic mass is 9.95. The number of nitrogens with two attached hydrogens (primary N) is 1. The minimum atomic E-state index is -0.0941. The summed E-state index contributed by atoms with van der Waals surface area (Å²) in [6.45, 7) is 6.68. The van der Waals surface area contributed by atoms with Gasteiger partial charge in [0.05, 0.1) is 10.7 Å². The Morgan fingerprint density at radius 3 is 2.89 bits per heavy atom. The molecule has 0 saturated carbocycles. The van der Waals surface area contributed by atoms with Crippen molar-refractivity contribution in [1.29, 1.82) is 0 Å². The van der Waals surface area contributed by atoms with Gasteiger partial charge in [-0.2, -0.15) is 0 Å². The van der Waals surface area contributed by atoms with Crippen molar-refractivity contribution < 1.29 is 4.79 Å². The largest absolute Gasteiger partial charge is 0.397 e. The third kappa shape index (κ3) is 2.46. The van der Waals surface area contributed by atoms with Crippen LogP contribution in [-0.4, -0.2) is 26.0 Å². The molecule has 5 heteroatoms. The maximum atomic E-state index is 11.6. The van der Waals surface area contributed by atoms with Crippen LogP contribution in [0.3, 0.4) is 0 Å². The second-order valence-corrected chi connectivity index (χ2v) is 6.22. The van der Waals surface area contributed by atoms with E-state index in [1.807, 2.05) is 6.07 Å². The fraction of sp³-hybridized carbons (Fsp3) is 0.615. The van der Waals surface area contributed by atoms with E-state index in [-0.39, 0.29) is 5.91 Å². The van der Waals surface area contributed by atoms with Gasteiger partial charge in [0.2, 0.25) is 0 Å². The van der Waals surface area contributed by atoms with Crippen LogP contribution in [0.2, 0.25) is 0 Å². The number of hydrogen-bond donors (Lipinski definition) is 2. The molecule has 1 aliphatic heterocycles. The zero-order chi connectivity index (χ0) is 13.3. The summed E-state index contributed by atoms with van der Waals surface area (Å²) in [6.07, 6.45) is 1.23. The third-order valence-corrected chi connectivity index (χ3v) is 4.87. The first-order chi connectivity index (χ1) is 8.52. The second-order valence-electron chi connectivity index (χ2n) is 5.19. The number of carbonyl (C=O) groups excluding carboxylic acids is 1. The second kappa shape index (κ2) is 5.18. The molecule has 2 rings (SSSR count). The summed E-state index contributed by atoms with van der Waals surface area (Å²) in [4.78, 5) is 14.6. The van der Waals surface area contributed by atoms with Gasteiger partial charge < -0.3 is 16.0 Å². The van der Waals surface area contributed by atoms with Gasteiger partial charge in [0, 0.05) is 20.1 Å². The van der Waals surface area contributed by atoms with Gasteiger partial charge >= 0.3 is 0 Å². The lowest BCUT2D eigenvalue weighted by Crippen LogP contribution is -2.20. The van der Waals surface area contributed by atoms with Gasteiger partial charge in [-0.1, -0.05) is 13.8 Å². The van der Waals surface area contributed by atoms with Crippen LogP contribution >= 0.6 is 11.3 Å². The molecule has 1 fully saturated rings. The highest BCUT2D eigenvalue weighted by atomic mass is 32.1. The third-order valence-electron chi connectivity index (χ3n) is 3.66. The van der Waals surface area contributed by atoms with Gasteiger partial charge in [-0.25, -0.2) is 0 Å². The summed E-state index contributed by atoms with van der Waals surface area (Å²) in [6, 6.07) is 1.93. The smallest absolute Gasteiger partial charge is 0.263 e. The maximum Gasteiger partial charge on any atom is 0.263 e. The topological polar surface area (TPSA) is 58.4 Å². The van der Waals surface area contributed by atoms with Gasteiger partial charge in [0.1, 0.15) is 4.88 Å². The van der Waals surface area contributed by atoms with Gasteiger partial charge in [-0.15, -0.1) is 11.3 Å². The van der Waals surface area contributed by atoms with Crippen LogP contribution in [0.5, 0.6) is 0 Å². The Morgan fingerprint density at radius 2 is 2.33 bits per heavy atom. The Morgan fingerprint density at radius 1 is 1.61 bits per heavy atom. The normalized spacial score (nSPS) is 19.6. The van der Waals surface area contributed by atoms with Crippen molar-refractivity contribution in [3.05, 3.63) is 10.9 Å². The number of thiophene rings is 1. The summed E-state index contributed by atoms with van der Waals surface area (Å²) < 4.78 is 0. The summed E-state index contributed by atoms with van der Waals surface area (Å²) >= 11 is 1.49. The van der Waals surface area contributed by atoms with Crippen molar-refractivity contribution in [1.82, 2.24) is 5.32 Å². The van der Waals surface area contributed by atoms with Gasteiger partial charge in [-0.05, 0) is 24.3 Å². The number of carbonyl (C=O) groups is 1. The quantitative estimate of drug-likeness (QED) is 0.882. The molecule has 0 aliphatic carbocycles. The molecule has 0 radical (unpaired) electrons. The van der Waals surface area contributed by atoms with Gasteiger partial charge in [0.15, 0.2) is 0 Å². The van der Waals surface area contributed by atoms with Crippen molar-refractivity contribution in [3.8, 4) is 0 Å². The minimum Gasteiger partial charge on any atom is -0.397 e. The number of amides is 1. The highest BCUT2D eigenvalue weighted by Crippen LogP contribution is 2.36. The monoisotopic (exact) mass is 267 g/mol. The zero-order valence-corrected chi connectivity index (χ0v) is 12.0. The fourth-order valence-electron chi connectivity index (χ4n) is 2.37. The maximum absolute atomic E-state index is 11.6. The van der Waals surface area contributed by atoms with Crippen LogP contribution in [-0.2, 0) is 0 Å². The molecular formula is C13H21N3OS. The molecule has 4 nitrogen and oxygen atoms in total. The first kappa shape index (κ1) is 13.2. The average molecular weight is 267 g/mol. The molecule has 1 unspecified atom stereocenters. The van der Waals surface area contributed by atoms with E-state index < -0.39 is 0 Å². The molecule has 1 aliphatic rings. The van der Waals surface area contributed by atoms with Crippen molar-refractivity contribution in [2.45, 2.75) is 20.3 Å². The molecule has 0 spiro atoms. The highest BCUT2D eigenvalue weighted by molar-refractivity contribution is 7.18. The molecule has 3 N–H and O–H groups in total. The van der Waals surface area contributed by atoms with E-state index in [1.54, 1.807) is 7.05 Å². The van der Waals surface area contributed by atoms with Crippen molar-refractivity contribution in [2.24, 2.45) is 11.8 Å². The Balaban J connectivity index is 2.13. The van der Waals surface area contributed by atoms with Crippen molar-refractivity contribution in [3.63, 3.8) is 0 Å². The number of nitrogens with one attached hydrogen (secondary N) is 1. The lowest BCUT2D eigenvalue weighted by Gasteiger charge is -2.17. The molecule has 0 aromatic carbocycles. The van der Waals surface area contributed by atoms with E-state index in [9.17, 15) is 4.79 Å². The number of nitrogen functional groups attached to an aromatic ring is 1. The van der Waals surface area contributed by atoms with Crippen molar-refractivity contribution >= 4 is 27.9 Å². The zero-order valence-electron chi connectivity index (χ0n) is 11.2. The molecular weight excluding hydrogens is 246 g/mol. The number of hydrogen-bond acceptors (Lipinski definition) is 4. The lowest BCUT2D eigenvalue weighted by molar-refractivity contribution is 0.0968. The summed E-state index contributed by atoms with van der Waals surface area (Å²) in [7, 11) is 1.63. The number of nitrogens with zero attached hydrogens (tertiary/aromatic N) is 1. The molecule has 18 heavy (non-hydrogen) atoms. The standard InChI is InChI=1S/C13H21N3OS/c1-8(2)9-4-5-16(7-9)11-6-10(14)12(18-11)13(17)15-3/h6,8-9H,4-5,7,14H2,1-3H3,(H,15,17). The number of rotatable bonds is 3. The van der Waals surface area contributed by atoms with Crippen LogP contribution in [0.4, 0.5) is 10.7 Å². The van der Waals surface area contributed by atoms with E-state index in [1.165, 1.54) is 17.8 Å². The first-order valence-electron chi connectivity index (χ1n) is 6.39. The summed E-state index contributed by atoms with van der Waals surface area (Å²) in [5, 5.41) is 3.75. The summed E-state index contributed by atoms with van der Waals surface area (Å²) in [5.41, 5.74) is 6.49. The minimum absolute atomic E-state index is 0.0941. The molecule has 1 aromatic rings. The van der Waals surface area contributed by atoms with Gasteiger partial charge in [-0.3, -0.25) is 4.79 Å². The summed E-state index contributed by atoms with van der Waals surface area (Å²) in [5.74, 6) is 1.37. The van der Waals surface area contributed by atoms with E-state index in [2.05, 4.69) is 24.1 Å². The van der Waals surface area contributed by atoms with Gasteiger partial charge in [0.25, 0.3) is 5.91 Å². The molecule has 1 aromatic heterocycles. The predicted molar refractivity (Wildman–Crippen MR) is 77.3 cm³/mol. The highest BCUT2D eigenvalue weighted by Gasteiger charge is 2.27. The Labute approximate surface area is 112 Å².